The van der Waals surface area contributed by atoms with Gasteiger partial charge >= 0.3 is 0 Å². The van der Waals surface area contributed by atoms with Gasteiger partial charge in [-0.25, -0.2) is 4.99 Å². The zero-order chi connectivity index (χ0) is 19.7. The summed E-state index contributed by atoms with van der Waals surface area (Å²) in [4.78, 5) is 19.3. The molecular formula is C20H19BrN2O3S. The van der Waals surface area contributed by atoms with Crippen molar-refractivity contribution >= 4 is 50.5 Å². The minimum Gasteiger partial charge on any atom is -0.503 e. The van der Waals surface area contributed by atoms with E-state index < -0.39 is 0 Å². The number of rotatable bonds is 3. The Kier molecular flexibility index (Phi) is 5.62. The number of carbonyl (C=O) groups excluding carboxylic acids is 1. The molecule has 2 aromatic rings. The molecule has 27 heavy (non-hydrogen) atoms. The van der Waals surface area contributed by atoms with E-state index in [0.29, 0.717) is 20.3 Å². The number of amidine groups is 1. The van der Waals surface area contributed by atoms with Crippen LogP contribution in [-0.4, -0.2) is 35.2 Å². The standard InChI is InChI=1S/C20H19BrN2O3S/c1-11-5-6-14(7-12(11)2)22-20-23(3)19(25)17(27-20)10-13-8-15(21)18(24)16(9-13)26-4/h5-10,24H,1-4H3/b17-10+,22-20?. The summed E-state index contributed by atoms with van der Waals surface area (Å²) >= 11 is 4.62. The number of thioether (sulfide) groups is 1. The highest BCUT2D eigenvalue weighted by molar-refractivity contribution is 9.10. The average Bonchev–Trinajstić information content (AvgIpc) is 2.89. The molecule has 1 saturated heterocycles. The largest absolute Gasteiger partial charge is 0.503 e. The molecule has 0 bridgehead atoms. The molecule has 1 N–H and O–H groups in total. The van der Waals surface area contributed by atoms with E-state index in [1.807, 2.05) is 25.1 Å². The summed E-state index contributed by atoms with van der Waals surface area (Å²) < 4.78 is 5.67. The molecule has 7 heteroatoms. The molecule has 140 valence electrons. The summed E-state index contributed by atoms with van der Waals surface area (Å²) in [5.41, 5.74) is 3.92. The number of phenolic OH excluding ortho intramolecular Hbond substituents is 1. The second-order valence-electron chi connectivity index (χ2n) is 6.19. The highest BCUT2D eigenvalue weighted by atomic mass is 79.9. The van der Waals surface area contributed by atoms with E-state index in [2.05, 4.69) is 27.8 Å². The van der Waals surface area contributed by atoms with Gasteiger partial charge in [0, 0.05) is 7.05 Å². The van der Waals surface area contributed by atoms with Crippen LogP contribution in [0.3, 0.4) is 0 Å². The molecule has 0 unspecified atom stereocenters. The lowest BCUT2D eigenvalue weighted by Crippen LogP contribution is -2.23. The minimum atomic E-state index is -0.120. The Hall–Kier alpha value is -2.25. The lowest BCUT2D eigenvalue weighted by atomic mass is 10.1. The van der Waals surface area contributed by atoms with Crippen LogP contribution >= 0.6 is 27.7 Å². The monoisotopic (exact) mass is 446 g/mol. The number of carbonyl (C=O) groups is 1. The second-order valence-corrected chi connectivity index (χ2v) is 8.05. The third-order valence-electron chi connectivity index (χ3n) is 4.29. The van der Waals surface area contributed by atoms with Crippen molar-refractivity contribution in [3.05, 3.63) is 56.4 Å². The Balaban J connectivity index is 1.94. The maximum absolute atomic E-state index is 12.6. The van der Waals surface area contributed by atoms with Crippen LogP contribution in [0.1, 0.15) is 16.7 Å². The smallest absolute Gasteiger partial charge is 0.266 e. The van der Waals surface area contributed by atoms with E-state index in [9.17, 15) is 9.90 Å². The van der Waals surface area contributed by atoms with E-state index in [4.69, 9.17) is 4.74 Å². The van der Waals surface area contributed by atoms with Crippen LogP contribution in [0, 0.1) is 13.8 Å². The van der Waals surface area contributed by atoms with Crippen LogP contribution in [0.4, 0.5) is 5.69 Å². The van der Waals surface area contributed by atoms with Gasteiger partial charge < -0.3 is 9.84 Å². The number of likely N-dealkylation sites (N-methyl/N-ethyl adjacent to an activating group) is 1. The van der Waals surface area contributed by atoms with Crippen molar-refractivity contribution in [3.63, 3.8) is 0 Å². The number of hydrogen-bond acceptors (Lipinski definition) is 5. The topological polar surface area (TPSA) is 62.1 Å². The average molecular weight is 447 g/mol. The number of aromatic hydroxyl groups is 1. The van der Waals surface area contributed by atoms with Crippen molar-refractivity contribution < 1.29 is 14.6 Å². The Labute approximate surface area is 170 Å². The summed E-state index contributed by atoms with van der Waals surface area (Å²) in [6, 6.07) is 9.38. The molecule has 5 nitrogen and oxygen atoms in total. The first-order valence-electron chi connectivity index (χ1n) is 8.20. The van der Waals surface area contributed by atoms with Crippen molar-refractivity contribution in [2.24, 2.45) is 4.99 Å². The molecule has 1 aliphatic heterocycles. The first kappa shape index (κ1) is 19.5. The van der Waals surface area contributed by atoms with Gasteiger partial charge in [-0.05, 0) is 88.6 Å². The van der Waals surface area contributed by atoms with Crippen LogP contribution in [-0.2, 0) is 4.79 Å². The fraction of sp³-hybridized carbons (Fsp3) is 0.200. The summed E-state index contributed by atoms with van der Waals surface area (Å²) in [7, 11) is 3.19. The van der Waals surface area contributed by atoms with E-state index in [1.54, 1.807) is 30.2 Å². The van der Waals surface area contributed by atoms with E-state index in [1.165, 1.54) is 24.4 Å². The van der Waals surface area contributed by atoms with Gasteiger partial charge in [0.05, 0.1) is 22.2 Å². The first-order valence-corrected chi connectivity index (χ1v) is 9.81. The van der Waals surface area contributed by atoms with Crippen molar-refractivity contribution in [3.8, 4) is 11.5 Å². The highest BCUT2D eigenvalue weighted by Crippen LogP contribution is 2.38. The van der Waals surface area contributed by atoms with Gasteiger partial charge in [0.2, 0.25) is 0 Å². The molecule has 0 radical (unpaired) electrons. The van der Waals surface area contributed by atoms with Gasteiger partial charge in [-0.2, -0.15) is 0 Å². The third-order valence-corrected chi connectivity index (χ3v) is 5.95. The van der Waals surface area contributed by atoms with Gasteiger partial charge in [0.25, 0.3) is 5.91 Å². The summed E-state index contributed by atoms with van der Waals surface area (Å²) in [6.07, 6.45) is 1.76. The van der Waals surface area contributed by atoms with Crippen molar-refractivity contribution in [2.75, 3.05) is 14.2 Å². The SMILES string of the molecule is COc1cc(/C=C2/SC(=Nc3ccc(C)c(C)c3)N(C)C2=O)cc(Br)c1O. The predicted molar refractivity (Wildman–Crippen MR) is 114 cm³/mol. The van der Waals surface area contributed by atoms with Crippen LogP contribution in [0.15, 0.2) is 44.7 Å². The number of hydrogen-bond donors (Lipinski definition) is 1. The van der Waals surface area contributed by atoms with Gasteiger partial charge in [-0.1, -0.05) is 6.07 Å². The maximum Gasteiger partial charge on any atom is 0.266 e. The maximum atomic E-state index is 12.6. The molecular weight excluding hydrogens is 428 g/mol. The zero-order valence-electron chi connectivity index (χ0n) is 15.4. The minimum absolute atomic E-state index is 0.0270. The molecule has 1 amide bonds. The molecule has 0 aliphatic carbocycles. The normalized spacial score (nSPS) is 17.2. The molecule has 1 heterocycles. The quantitative estimate of drug-likeness (QED) is 0.672. The van der Waals surface area contributed by atoms with Crippen LogP contribution in [0.25, 0.3) is 6.08 Å². The first-order chi connectivity index (χ1) is 12.8. The second kappa shape index (κ2) is 7.78. The van der Waals surface area contributed by atoms with E-state index in [-0.39, 0.29) is 11.7 Å². The van der Waals surface area contributed by atoms with Crippen LogP contribution < -0.4 is 4.74 Å². The van der Waals surface area contributed by atoms with Gasteiger partial charge in [0.15, 0.2) is 16.7 Å². The zero-order valence-corrected chi connectivity index (χ0v) is 17.8. The Morgan fingerprint density at radius 2 is 1.96 bits per heavy atom. The number of amides is 1. The summed E-state index contributed by atoms with van der Waals surface area (Å²) in [5.74, 6) is 0.244. The number of phenols is 1. The van der Waals surface area contributed by atoms with E-state index in [0.717, 1.165) is 16.8 Å². The number of benzene rings is 2. The van der Waals surface area contributed by atoms with E-state index >= 15 is 0 Å². The Morgan fingerprint density at radius 1 is 1.22 bits per heavy atom. The number of methoxy groups -OCH3 is 1. The molecule has 1 fully saturated rings. The number of aryl methyl sites for hydroxylation is 2. The fourth-order valence-electron chi connectivity index (χ4n) is 2.54. The molecule has 0 aromatic heterocycles. The Bertz CT molecular complexity index is 985. The van der Waals surface area contributed by atoms with Crippen molar-refractivity contribution in [2.45, 2.75) is 13.8 Å². The lowest BCUT2D eigenvalue weighted by Gasteiger charge is -2.08. The molecule has 0 atom stereocenters. The number of ether oxygens (including phenoxy) is 1. The fourth-order valence-corrected chi connectivity index (χ4v) is 3.99. The Morgan fingerprint density at radius 3 is 2.63 bits per heavy atom. The van der Waals surface area contributed by atoms with Gasteiger partial charge in [-0.15, -0.1) is 0 Å². The summed E-state index contributed by atoms with van der Waals surface area (Å²) in [6.45, 7) is 4.09. The molecule has 0 spiro atoms. The predicted octanol–water partition coefficient (Wildman–Crippen LogP) is 5.01. The molecule has 1 aliphatic rings. The van der Waals surface area contributed by atoms with Crippen molar-refractivity contribution in [1.29, 1.82) is 0 Å². The number of halogens is 1. The molecule has 3 rings (SSSR count). The van der Waals surface area contributed by atoms with Gasteiger partial charge in [-0.3, -0.25) is 9.69 Å². The third kappa shape index (κ3) is 4.04. The number of nitrogens with zero attached hydrogens (tertiary/aromatic N) is 2. The lowest BCUT2D eigenvalue weighted by molar-refractivity contribution is -0.121. The molecule has 0 saturated carbocycles. The highest BCUT2D eigenvalue weighted by Gasteiger charge is 2.30. The van der Waals surface area contributed by atoms with Crippen LogP contribution in [0.2, 0.25) is 0 Å². The van der Waals surface area contributed by atoms with Crippen molar-refractivity contribution in [1.82, 2.24) is 4.90 Å². The summed E-state index contributed by atoms with van der Waals surface area (Å²) in [5, 5.41) is 10.6. The van der Waals surface area contributed by atoms with Gasteiger partial charge in [0.1, 0.15) is 0 Å². The number of aliphatic imine (C=N–C) groups is 1. The molecule has 2 aromatic carbocycles. The van der Waals surface area contributed by atoms with Crippen LogP contribution in [0.5, 0.6) is 11.5 Å².